The number of amides is 1. The minimum Gasteiger partial charge on any atom is -0.483 e. The van der Waals surface area contributed by atoms with Gasteiger partial charge in [-0.3, -0.25) is 9.36 Å². The predicted octanol–water partition coefficient (Wildman–Crippen LogP) is 5.91. The van der Waals surface area contributed by atoms with Crippen LogP contribution < -0.4 is 10.1 Å². The molecular formula is C24H27ClN4O2S. The van der Waals surface area contributed by atoms with Crippen LogP contribution in [-0.4, -0.2) is 26.4 Å². The van der Waals surface area contributed by atoms with E-state index in [1.807, 2.05) is 48.7 Å². The molecule has 0 spiro atoms. The van der Waals surface area contributed by atoms with Gasteiger partial charge in [-0.05, 0) is 68.7 Å². The van der Waals surface area contributed by atoms with Gasteiger partial charge in [0.15, 0.2) is 17.1 Å². The second-order valence-corrected chi connectivity index (χ2v) is 8.85. The standard InChI is InChI=1S/C24H27ClN4O2S/c1-6-12-29-23(18(5)31-19-11-10-15(2)16(3)13-19)27-28-24(29)32-14-22(30)26-21-9-7-8-20(25)17(21)4/h6-11,13,18H,1,12,14H2,2-5H3,(H,26,30). The number of aryl methyl sites for hydroxylation is 2. The lowest BCUT2D eigenvalue weighted by molar-refractivity contribution is -0.113. The van der Waals surface area contributed by atoms with Gasteiger partial charge in [0.05, 0.1) is 5.75 Å². The summed E-state index contributed by atoms with van der Waals surface area (Å²) in [6.07, 6.45) is 1.46. The first-order valence-corrected chi connectivity index (χ1v) is 11.6. The van der Waals surface area contributed by atoms with Gasteiger partial charge in [-0.15, -0.1) is 16.8 Å². The average Bonchev–Trinajstić information content (AvgIpc) is 3.15. The molecule has 1 N–H and O–H groups in total. The fourth-order valence-electron chi connectivity index (χ4n) is 3.11. The molecule has 0 aliphatic heterocycles. The van der Waals surface area contributed by atoms with Crippen LogP contribution >= 0.6 is 23.4 Å². The van der Waals surface area contributed by atoms with E-state index < -0.39 is 0 Å². The number of hydrogen-bond acceptors (Lipinski definition) is 5. The lowest BCUT2D eigenvalue weighted by Gasteiger charge is -2.16. The molecular weight excluding hydrogens is 444 g/mol. The molecule has 0 bridgehead atoms. The first-order valence-electron chi connectivity index (χ1n) is 10.3. The first kappa shape index (κ1) is 23.9. The van der Waals surface area contributed by atoms with Crippen LogP contribution in [0.1, 0.15) is 35.5 Å². The van der Waals surface area contributed by atoms with Crippen LogP contribution in [0.15, 0.2) is 54.2 Å². The van der Waals surface area contributed by atoms with Crippen molar-refractivity contribution in [2.24, 2.45) is 0 Å². The topological polar surface area (TPSA) is 69.0 Å². The van der Waals surface area contributed by atoms with Gasteiger partial charge in [0, 0.05) is 17.3 Å². The van der Waals surface area contributed by atoms with Gasteiger partial charge in [0.1, 0.15) is 5.75 Å². The van der Waals surface area contributed by atoms with Crippen molar-refractivity contribution in [1.82, 2.24) is 14.8 Å². The van der Waals surface area contributed by atoms with E-state index in [1.54, 1.807) is 12.1 Å². The van der Waals surface area contributed by atoms with E-state index in [0.717, 1.165) is 11.3 Å². The SMILES string of the molecule is C=CCn1c(SCC(=O)Nc2cccc(Cl)c2C)nnc1C(C)Oc1ccc(C)c(C)c1. The van der Waals surface area contributed by atoms with Crippen LogP contribution in [0.5, 0.6) is 5.75 Å². The highest BCUT2D eigenvalue weighted by molar-refractivity contribution is 7.99. The highest BCUT2D eigenvalue weighted by atomic mass is 35.5. The van der Waals surface area contributed by atoms with Gasteiger partial charge < -0.3 is 10.1 Å². The number of carbonyl (C=O) groups excluding carboxylic acids is 1. The highest BCUT2D eigenvalue weighted by Gasteiger charge is 2.20. The second-order valence-electron chi connectivity index (χ2n) is 7.50. The Kier molecular flexibility index (Phi) is 7.99. The zero-order valence-corrected chi connectivity index (χ0v) is 20.3. The van der Waals surface area contributed by atoms with Crippen molar-refractivity contribution in [2.75, 3.05) is 11.1 Å². The Bertz CT molecular complexity index is 1130. The Balaban J connectivity index is 1.69. The molecule has 0 radical (unpaired) electrons. The molecule has 0 saturated carbocycles. The summed E-state index contributed by atoms with van der Waals surface area (Å²) in [5.41, 5.74) is 3.91. The number of hydrogen-bond donors (Lipinski definition) is 1. The highest BCUT2D eigenvalue weighted by Crippen LogP contribution is 2.27. The minimum atomic E-state index is -0.318. The first-order chi connectivity index (χ1) is 15.3. The zero-order valence-electron chi connectivity index (χ0n) is 18.7. The molecule has 0 fully saturated rings. The van der Waals surface area contributed by atoms with Crippen molar-refractivity contribution in [3.05, 3.63) is 76.6 Å². The molecule has 3 aromatic rings. The minimum absolute atomic E-state index is 0.144. The van der Waals surface area contributed by atoms with E-state index in [2.05, 4.69) is 35.9 Å². The average molecular weight is 471 g/mol. The van der Waals surface area contributed by atoms with E-state index in [-0.39, 0.29) is 17.8 Å². The smallest absolute Gasteiger partial charge is 0.234 e. The third-order valence-corrected chi connectivity index (χ3v) is 6.46. The van der Waals surface area contributed by atoms with E-state index in [4.69, 9.17) is 16.3 Å². The van der Waals surface area contributed by atoms with Crippen LogP contribution in [0.25, 0.3) is 0 Å². The molecule has 0 aliphatic rings. The maximum absolute atomic E-state index is 12.5. The van der Waals surface area contributed by atoms with Crippen molar-refractivity contribution < 1.29 is 9.53 Å². The fraction of sp³-hybridized carbons (Fsp3) is 0.292. The number of nitrogens with zero attached hydrogens (tertiary/aromatic N) is 3. The van der Waals surface area contributed by atoms with E-state index >= 15 is 0 Å². The van der Waals surface area contributed by atoms with Gasteiger partial charge >= 0.3 is 0 Å². The number of anilines is 1. The van der Waals surface area contributed by atoms with Gasteiger partial charge in [-0.2, -0.15) is 0 Å². The predicted molar refractivity (Wildman–Crippen MR) is 131 cm³/mol. The van der Waals surface area contributed by atoms with E-state index in [0.29, 0.717) is 28.2 Å². The van der Waals surface area contributed by atoms with Crippen molar-refractivity contribution in [2.45, 2.75) is 45.5 Å². The third-order valence-electron chi connectivity index (χ3n) is 5.09. The number of halogens is 1. The maximum atomic E-state index is 12.5. The Morgan fingerprint density at radius 3 is 2.75 bits per heavy atom. The molecule has 3 rings (SSSR count). The summed E-state index contributed by atoms with van der Waals surface area (Å²) in [7, 11) is 0. The van der Waals surface area contributed by atoms with Gasteiger partial charge in [0.2, 0.25) is 5.91 Å². The molecule has 2 aromatic carbocycles. The lowest BCUT2D eigenvalue weighted by atomic mass is 10.1. The summed E-state index contributed by atoms with van der Waals surface area (Å²) < 4.78 is 8.02. The van der Waals surface area contributed by atoms with Crippen molar-refractivity contribution in [3.63, 3.8) is 0 Å². The molecule has 1 aromatic heterocycles. The Hall–Kier alpha value is -2.77. The molecule has 8 heteroatoms. The van der Waals surface area contributed by atoms with Crippen molar-refractivity contribution >= 4 is 35.0 Å². The number of nitrogens with one attached hydrogen (secondary N) is 1. The monoisotopic (exact) mass is 470 g/mol. The maximum Gasteiger partial charge on any atom is 0.234 e. The van der Waals surface area contributed by atoms with Gasteiger partial charge in [-0.1, -0.05) is 41.6 Å². The molecule has 6 nitrogen and oxygen atoms in total. The molecule has 1 unspecified atom stereocenters. The zero-order chi connectivity index (χ0) is 23.3. The number of aromatic nitrogens is 3. The molecule has 1 atom stereocenters. The summed E-state index contributed by atoms with van der Waals surface area (Å²) >= 11 is 7.45. The normalized spacial score (nSPS) is 11.8. The lowest BCUT2D eigenvalue weighted by Crippen LogP contribution is -2.16. The molecule has 168 valence electrons. The number of rotatable bonds is 9. The fourth-order valence-corrected chi connectivity index (χ4v) is 4.04. The number of allylic oxidation sites excluding steroid dienone is 1. The van der Waals surface area contributed by atoms with Crippen molar-refractivity contribution in [1.29, 1.82) is 0 Å². The number of carbonyl (C=O) groups is 1. The van der Waals surface area contributed by atoms with Crippen molar-refractivity contribution in [3.8, 4) is 5.75 Å². The molecule has 0 aliphatic carbocycles. The number of thioether (sulfide) groups is 1. The second kappa shape index (κ2) is 10.7. The Labute approximate surface area is 198 Å². The molecule has 1 heterocycles. The van der Waals surface area contributed by atoms with Crippen LogP contribution in [0.4, 0.5) is 5.69 Å². The Morgan fingerprint density at radius 2 is 2.03 bits per heavy atom. The quantitative estimate of drug-likeness (QED) is 0.311. The van der Waals surface area contributed by atoms with Gasteiger partial charge in [0.25, 0.3) is 0 Å². The Morgan fingerprint density at radius 1 is 1.25 bits per heavy atom. The number of benzene rings is 2. The molecule has 1 amide bonds. The third kappa shape index (κ3) is 5.72. The van der Waals surface area contributed by atoms with E-state index in [9.17, 15) is 4.79 Å². The summed E-state index contributed by atoms with van der Waals surface area (Å²) in [5, 5.41) is 12.8. The van der Waals surface area contributed by atoms with Crippen LogP contribution in [0.3, 0.4) is 0 Å². The van der Waals surface area contributed by atoms with Crippen LogP contribution in [-0.2, 0) is 11.3 Å². The summed E-state index contributed by atoms with van der Waals surface area (Å²) in [6, 6.07) is 11.4. The molecule has 32 heavy (non-hydrogen) atoms. The summed E-state index contributed by atoms with van der Waals surface area (Å²) in [4.78, 5) is 12.5. The van der Waals surface area contributed by atoms with E-state index in [1.165, 1.54) is 22.9 Å². The summed E-state index contributed by atoms with van der Waals surface area (Å²) in [5.74, 6) is 1.50. The largest absolute Gasteiger partial charge is 0.483 e. The summed E-state index contributed by atoms with van der Waals surface area (Å²) in [6.45, 7) is 12.3. The van der Waals surface area contributed by atoms with Gasteiger partial charge in [-0.25, -0.2) is 0 Å². The molecule has 0 saturated heterocycles. The van der Waals surface area contributed by atoms with Crippen LogP contribution in [0.2, 0.25) is 5.02 Å². The van der Waals surface area contributed by atoms with Crippen LogP contribution in [0, 0.1) is 20.8 Å². The number of ether oxygens (including phenoxy) is 1.